The molecule has 5 rings (SSSR count). The molecule has 2 saturated heterocycles. The first-order valence-corrected chi connectivity index (χ1v) is 19.3. The lowest BCUT2D eigenvalue weighted by Gasteiger charge is -2.33. The van der Waals surface area contributed by atoms with Crippen molar-refractivity contribution in [1.82, 2.24) is 10.2 Å². The van der Waals surface area contributed by atoms with Crippen molar-refractivity contribution >= 4 is 46.4 Å². The minimum atomic E-state index is -4.80. The second kappa shape index (κ2) is 18.1. The molecule has 2 aliphatic heterocycles. The topological polar surface area (TPSA) is 145 Å². The lowest BCUT2D eigenvalue weighted by Crippen LogP contribution is -2.54. The molecule has 2 fully saturated rings. The maximum atomic E-state index is 13.7. The molecule has 16 heteroatoms. The number of carbonyl (C=O) groups is 3. The number of nitriles is 1. The average molecular weight is 824 g/mol. The summed E-state index contributed by atoms with van der Waals surface area (Å²) in [6.45, 7) is 11.0. The molecule has 2 aliphatic rings. The number of thiocarbonyl (C=S) groups is 1. The van der Waals surface area contributed by atoms with Crippen LogP contribution in [0.4, 0.5) is 24.5 Å². The number of ether oxygens (including phenoxy) is 3. The Hall–Kier alpha value is -5.24. The molecule has 0 aromatic heterocycles. The van der Waals surface area contributed by atoms with Crippen molar-refractivity contribution in [3.8, 4) is 17.6 Å². The molecule has 58 heavy (non-hydrogen) atoms. The molecule has 2 atom stereocenters. The van der Waals surface area contributed by atoms with E-state index in [-0.39, 0.29) is 42.2 Å². The maximum absolute atomic E-state index is 13.7. The number of likely N-dealkylation sites (tertiary alicyclic amines) is 1. The molecule has 310 valence electrons. The number of aliphatic hydroxyl groups is 1. The highest BCUT2D eigenvalue weighted by molar-refractivity contribution is 7.81. The third kappa shape index (κ3) is 10.4. The largest absolute Gasteiger partial charge is 0.493 e. The van der Waals surface area contributed by atoms with E-state index in [0.717, 1.165) is 22.6 Å². The number of nitrogens with one attached hydrogen (secondary N) is 1. The number of benzene rings is 3. The number of amides is 3. The summed E-state index contributed by atoms with van der Waals surface area (Å²) in [5, 5.41) is 21.9. The van der Waals surface area contributed by atoms with Gasteiger partial charge in [0.1, 0.15) is 29.7 Å². The first-order valence-electron chi connectivity index (χ1n) is 18.9. The molecule has 0 aliphatic carbocycles. The second-order valence-corrected chi connectivity index (χ2v) is 16.1. The quantitative estimate of drug-likeness (QED) is 0.138. The summed E-state index contributed by atoms with van der Waals surface area (Å²) in [6.07, 6.45) is -4.14. The van der Waals surface area contributed by atoms with Gasteiger partial charge >= 0.3 is 6.18 Å². The number of nitrogens with zero attached hydrogens (tertiary/aromatic N) is 4. The van der Waals surface area contributed by atoms with Crippen molar-refractivity contribution in [2.45, 2.75) is 77.7 Å². The van der Waals surface area contributed by atoms with Crippen molar-refractivity contribution in [2.75, 3.05) is 49.3 Å². The SMILES string of the molecule is CC(C)(C)C(NC(=O)Cc1cccc(OCCCOCCOc2ccc(N3C(=S)N(c4ccc(C#N)c(C(F)(F)F)c4)C(=O)C3(C)C)cc2)c1)C(=O)N1CC[C@@H](O)C1. The molecule has 0 radical (unpaired) electrons. The van der Waals surface area contributed by atoms with E-state index in [0.29, 0.717) is 56.4 Å². The Labute approximate surface area is 341 Å². The van der Waals surface area contributed by atoms with Crippen LogP contribution in [-0.2, 0) is 31.7 Å². The van der Waals surface area contributed by atoms with Crippen molar-refractivity contribution in [2.24, 2.45) is 5.41 Å². The standard InChI is InChI=1S/C42H48F3N5O7S/c1-40(2,3)36(37(53)48-17-16-31(51)26-48)47-35(52)23-27-8-6-9-33(22-27)56-19-7-18-55-20-21-57-32-14-12-29(13-15-32)50-39(58)49(38(54)41(50,4)5)30-11-10-28(25-46)34(24-30)42(43,44)45/h6,8-15,22,24,31,36,51H,7,16-21,23,26H2,1-5H3,(H,47,52)/t31-,36?/m1/s1. The van der Waals surface area contributed by atoms with Gasteiger partial charge in [-0.3, -0.25) is 19.3 Å². The molecule has 2 heterocycles. The summed E-state index contributed by atoms with van der Waals surface area (Å²) >= 11 is 5.60. The van der Waals surface area contributed by atoms with Crippen LogP contribution in [-0.4, -0.2) is 90.0 Å². The van der Waals surface area contributed by atoms with Gasteiger partial charge in [0.15, 0.2) is 5.11 Å². The van der Waals surface area contributed by atoms with E-state index in [2.05, 4.69) is 5.32 Å². The fourth-order valence-electron chi connectivity index (χ4n) is 6.74. The van der Waals surface area contributed by atoms with Gasteiger partial charge in [-0.15, -0.1) is 0 Å². The van der Waals surface area contributed by atoms with E-state index in [1.807, 2.05) is 26.8 Å². The van der Waals surface area contributed by atoms with Crippen LogP contribution in [0.1, 0.15) is 64.2 Å². The Kier molecular flexibility index (Phi) is 13.7. The van der Waals surface area contributed by atoms with E-state index < -0.39 is 46.3 Å². The minimum Gasteiger partial charge on any atom is -0.493 e. The highest BCUT2D eigenvalue weighted by Gasteiger charge is 2.50. The van der Waals surface area contributed by atoms with E-state index in [4.69, 9.17) is 31.7 Å². The van der Waals surface area contributed by atoms with Crippen molar-refractivity contribution < 1.29 is 46.9 Å². The zero-order valence-electron chi connectivity index (χ0n) is 33.1. The van der Waals surface area contributed by atoms with Gasteiger partial charge in [0.2, 0.25) is 11.8 Å². The van der Waals surface area contributed by atoms with E-state index in [9.17, 15) is 32.7 Å². The minimum absolute atomic E-state index is 0.00556. The number of alkyl halides is 3. The van der Waals surface area contributed by atoms with Crippen LogP contribution < -0.4 is 24.6 Å². The number of halogens is 3. The van der Waals surface area contributed by atoms with Gasteiger partial charge in [-0.05, 0) is 98.1 Å². The van der Waals surface area contributed by atoms with Gasteiger partial charge in [-0.25, -0.2) is 0 Å². The molecule has 0 bridgehead atoms. The number of aliphatic hydroxyl groups excluding tert-OH is 1. The normalized spacial score (nSPS) is 17.3. The van der Waals surface area contributed by atoms with Crippen LogP contribution in [0.5, 0.6) is 11.5 Å². The highest BCUT2D eigenvalue weighted by Crippen LogP contribution is 2.40. The van der Waals surface area contributed by atoms with Crippen LogP contribution in [0.2, 0.25) is 0 Å². The Morgan fingerprint density at radius 1 is 0.983 bits per heavy atom. The van der Waals surface area contributed by atoms with Crippen LogP contribution in [0, 0.1) is 16.7 Å². The number of hydrogen-bond acceptors (Lipinski definition) is 9. The summed E-state index contributed by atoms with van der Waals surface area (Å²) in [4.78, 5) is 43.9. The molecular weight excluding hydrogens is 776 g/mol. The smallest absolute Gasteiger partial charge is 0.417 e. The molecule has 1 unspecified atom stereocenters. The van der Waals surface area contributed by atoms with Gasteiger partial charge in [0.25, 0.3) is 5.91 Å². The second-order valence-electron chi connectivity index (χ2n) is 15.7. The van der Waals surface area contributed by atoms with Crippen molar-refractivity contribution in [1.29, 1.82) is 5.26 Å². The number of β-amino-alcohol motifs (C(OH)–C–C–N with tert-alkyl or cyclic N) is 1. The average Bonchev–Trinajstić information content (AvgIpc) is 3.67. The third-order valence-electron chi connectivity index (χ3n) is 9.80. The van der Waals surface area contributed by atoms with Gasteiger partial charge in [0.05, 0.1) is 48.6 Å². The van der Waals surface area contributed by atoms with Gasteiger partial charge in [-0.1, -0.05) is 32.9 Å². The fourth-order valence-corrected chi connectivity index (χ4v) is 7.26. The lowest BCUT2D eigenvalue weighted by atomic mass is 9.85. The Morgan fingerprint density at radius 2 is 1.67 bits per heavy atom. The summed E-state index contributed by atoms with van der Waals surface area (Å²) in [5.41, 5.74) is -2.26. The third-order valence-corrected chi connectivity index (χ3v) is 10.2. The fraction of sp³-hybridized carbons (Fsp3) is 0.452. The maximum Gasteiger partial charge on any atom is 0.417 e. The first-order chi connectivity index (χ1) is 27.3. The van der Waals surface area contributed by atoms with Crippen LogP contribution >= 0.6 is 12.2 Å². The zero-order chi connectivity index (χ0) is 42.4. The molecule has 3 amide bonds. The van der Waals surface area contributed by atoms with E-state index in [1.165, 1.54) is 6.07 Å². The Balaban J connectivity index is 1.04. The molecule has 2 N–H and O–H groups in total. The van der Waals surface area contributed by atoms with E-state index in [1.54, 1.807) is 72.2 Å². The number of rotatable bonds is 15. The van der Waals surface area contributed by atoms with E-state index >= 15 is 0 Å². The summed E-state index contributed by atoms with van der Waals surface area (Å²) < 4.78 is 58.4. The Bertz CT molecular complexity index is 2030. The molecule has 3 aromatic carbocycles. The number of hydrogen-bond donors (Lipinski definition) is 2. The monoisotopic (exact) mass is 823 g/mol. The molecule has 12 nitrogen and oxygen atoms in total. The molecule has 0 saturated carbocycles. The van der Waals surface area contributed by atoms with Crippen LogP contribution in [0.25, 0.3) is 0 Å². The molecule has 3 aromatic rings. The number of anilines is 2. The zero-order valence-corrected chi connectivity index (χ0v) is 33.9. The predicted octanol–water partition coefficient (Wildman–Crippen LogP) is 6.02. The lowest BCUT2D eigenvalue weighted by molar-refractivity contribution is -0.138. The van der Waals surface area contributed by atoms with Crippen molar-refractivity contribution in [3.05, 3.63) is 83.4 Å². The first kappa shape index (κ1) is 43.9. The van der Waals surface area contributed by atoms with Gasteiger partial charge in [-0.2, -0.15) is 18.4 Å². The molecular formula is C42H48F3N5O7S. The van der Waals surface area contributed by atoms with Crippen LogP contribution in [0.15, 0.2) is 66.7 Å². The van der Waals surface area contributed by atoms with Crippen LogP contribution in [0.3, 0.4) is 0 Å². The molecule has 0 spiro atoms. The predicted molar refractivity (Wildman–Crippen MR) is 214 cm³/mol. The van der Waals surface area contributed by atoms with Gasteiger partial charge in [0, 0.05) is 31.8 Å². The number of carbonyl (C=O) groups excluding carboxylic acids is 3. The highest BCUT2D eigenvalue weighted by atomic mass is 32.1. The summed E-state index contributed by atoms with van der Waals surface area (Å²) in [7, 11) is 0. The summed E-state index contributed by atoms with van der Waals surface area (Å²) in [5.74, 6) is 0.136. The Morgan fingerprint density at radius 3 is 2.31 bits per heavy atom. The van der Waals surface area contributed by atoms with Gasteiger partial charge < -0.3 is 34.4 Å². The van der Waals surface area contributed by atoms with Crippen molar-refractivity contribution in [3.63, 3.8) is 0 Å². The summed E-state index contributed by atoms with van der Waals surface area (Å²) in [6, 6.07) is 17.9.